The number of carbonyl (C=O) groups is 1. The average molecular weight is 313 g/mol. The molecule has 2 heteroatoms. The van der Waals surface area contributed by atoms with Gasteiger partial charge in [0.25, 0.3) is 0 Å². The van der Waals surface area contributed by atoms with Crippen molar-refractivity contribution in [3.05, 3.63) is 90.5 Å². The lowest BCUT2D eigenvalue weighted by Gasteiger charge is -2.16. The maximum atomic E-state index is 12.5. The molecule has 2 nitrogen and oxygen atoms in total. The molecule has 0 spiro atoms. The van der Waals surface area contributed by atoms with Crippen LogP contribution in [0.15, 0.2) is 73.3 Å². The molecule has 24 heavy (non-hydrogen) atoms. The molecular weight excluding hydrogens is 296 g/mol. The van der Waals surface area contributed by atoms with Crippen molar-refractivity contribution in [1.82, 2.24) is 0 Å². The topological polar surface area (TPSA) is 26.3 Å². The standard InChI is InChI=1S/C22H17O2/c1-3-16-14-15-19(17-10-6-4-7-11-17)20(21(16)22(23)24-2)18-12-8-5-9-13-18/h3-13,15H,1H2,2H3. The lowest BCUT2D eigenvalue weighted by molar-refractivity contribution is 0.0601. The maximum Gasteiger partial charge on any atom is 0.339 e. The largest absolute Gasteiger partial charge is 0.465 e. The molecule has 3 rings (SSSR count). The average Bonchev–Trinajstić information content (AvgIpc) is 2.67. The minimum atomic E-state index is -0.391. The Morgan fingerprint density at radius 2 is 1.58 bits per heavy atom. The first-order valence-electron chi connectivity index (χ1n) is 7.66. The van der Waals surface area contributed by atoms with Crippen molar-refractivity contribution in [2.75, 3.05) is 7.11 Å². The first-order valence-corrected chi connectivity index (χ1v) is 7.66. The van der Waals surface area contributed by atoms with Gasteiger partial charge in [-0.2, -0.15) is 0 Å². The highest BCUT2D eigenvalue weighted by Gasteiger charge is 2.21. The van der Waals surface area contributed by atoms with Gasteiger partial charge in [0.1, 0.15) is 0 Å². The van der Waals surface area contributed by atoms with Crippen LogP contribution in [0.4, 0.5) is 0 Å². The van der Waals surface area contributed by atoms with Crippen LogP contribution in [0.3, 0.4) is 0 Å². The molecule has 0 fully saturated rings. The molecule has 0 atom stereocenters. The molecular formula is C22H17O2. The smallest absolute Gasteiger partial charge is 0.339 e. The van der Waals surface area contributed by atoms with E-state index < -0.39 is 5.97 Å². The summed E-state index contributed by atoms with van der Waals surface area (Å²) in [6, 6.07) is 24.9. The summed E-state index contributed by atoms with van der Waals surface area (Å²) in [5.41, 5.74) is 4.87. The van der Waals surface area contributed by atoms with Gasteiger partial charge in [0, 0.05) is 5.56 Å². The van der Waals surface area contributed by atoms with Crippen molar-refractivity contribution >= 4 is 12.0 Å². The lowest BCUT2D eigenvalue weighted by atomic mass is 9.87. The summed E-state index contributed by atoms with van der Waals surface area (Å²) in [6.45, 7) is 3.81. The van der Waals surface area contributed by atoms with Crippen LogP contribution in [0.1, 0.15) is 15.9 Å². The number of hydrogen-bond acceptors (Lipinski definition) is 2. The fourth-order valence-corrected chi connectivity index (χ4v) is 2.79. The predicted molar refractivity (Wildman–Crippen MR) is 97.6 cm³/mol. The van der Waals surface area contributed by atoms with Crippen molar-refractivity contribution in [2.24, 2.45) is 0 Å². The van der Waals surface area contributed by atoms with Crippen LogP contribution in [0.2, 0.25) is 0 Å². The highest BCUT2D eigenvalue weighted by molar-refractivity contribution is 6.05. The molecule has 0 heterocycles. The Morgan fingerprint density at radius 3 is 2.12 bits per heavy atom. The fraction of sp³-hybridized carbons (Fsp3) is 0.0455. The highest BCUT2D eigenvalue weighted by Crippen LogP contribution is 2.37. The summed E-state index contributed by atoms with van der Waals surface area (Å²) in [5.74, 6) is -0.391. The number of carbonyl (C=O) groups excluding carboxylic acids is 1. The van der Waals surface area contributed by atoms with Crippen LogP contribution in [-0.2, 0) is 4.74 Å². The van der Waals surface area contributed by atoms with Gasteiger partial charge < -0.3 is 4.74 Å². The van der Waals surface area contributed by atoms with E-state index in [9.17, 15) is 4.79 Å². The quantitative estimate of drug-likeness (QED) is 0.615. The molecule has 0 N–H and O–H groups in total. The Hall–Kier alpha value is -3.13. The summed E-state index contributed by atoms with van der Waals surface area (Å²) in [5, 5.41) is 0. The Balaban J connectivity index is 2.39. The summed E-state index contributed by atoms with van der Waals surface area (Å²) < 4.78 is 5.03. The van der Waals surface area contributed by atoms with Crippen LogP contribution in [0.25, 0.3) is 28.3 Å². The molecule has 0 aromatic heterocycles. The number of benzene rings is 3. The molecule has 0 aliphatic heterocycles. The fourth-order valence-electron chi connectivity index (χ4n) is 2.79. The second kappa shape index (κ2) is 6.97. The van der Waals surface area contributed by atoms with Crippen LogP contribution in [-0.4, -0.2) is 13.1 Å². The third-order valence-corrected chi connectivity index (χ3v) is 3.90. The zero-order valence-electron chi connectivity index (χ0n) is 13.5. The Labute approximate surface area is 142 Å². The number of esters is 1. The number of hydrogen-bond donors (Lipinski definition) is 0. The third-order valence-electron chi connectivity index (χ3n) is 3.90. The molecule has 0 bridgehead atoms. The Kier molecular flexibility index (Phi) is 4.57. The summed E-state index contributed by atoms with van der Waals surface area (Å²) in [7, 11) is 1.39. The summed E-state index contributed by atoms with van der Waals surface area (Å²) in [4.78, 5) is 12.5. The lowest BCUT2D eigenvalue weighted by Crippen LogP contribution is -2.07. The van der Waals surface area contributed by atoms with Crippen LogP contribution < -0.4 is 0 Å². The van der Waals surface area contributed by atoms with Crippen molar-refractivity contribution in [2.45, 2.75) is 0 Å². The van der Waals surface area contributed by atoms with Crippen LogP contribution >= 0.6 is 0 Å². The molecule has 0 aliphatic carbocycles. The molecule has 117 valence electrons. The highest BCUT2D eigenvalue weighted by atomic mass is 16.5. The summed E-state index contributed by atoms with van der Waals surface area (Å²) >= 11 is 0. The van der Waals surface area contributed by atoms with E-state index in [2.05, 4.69) is 12.6 Å². The molecule has 1 radical (unpaired) electrons. The van der Waals surface area contributed by atoms with Crippen LogP contribution in [0.5, 0.6) is 0 Å². The second-order valence-corrected chi connectivity index (χ2v) is 5.29. The minimum absolute atomic E-state index is 0.391. The van der Waals surface area contributed by atoms with Crippen molar-refractivity contribution in [3.63, 3.8) is 0 Å². The maximum absolute atomic E-state index is 12.5. The first kappa shape index (κ1) is 15.8. The van der Waals surface area contributed by atoms with E-state index in [4.69, 9.17) is 4.74 Å². The van der Waals surface area contributed by atoms with Crippen LogP contribution in [0, 0.1) is 6.07 Å². The molecule has 0 saturated carbocycles. The van der Waals surface area contributed by atoms with E-state index in [-0.39, 0.29) is 0 Å². The van der Waals surface area contributed by atoms with Gasteiger partial charge in [-0.1, -0.05) is 73.3 Å². The minimum Gasteiger partial charge on any atom is -0.465 e. The monoisotopic (exact) mass is 313 g/mol. The normalized spacial score (nSPS) is 10.2. The van der Waals surface area contributed by atoms with Gasteiger partial charge in [-0.05, 0) is 34.4 Å². The van der Waals surface area contributed by atoms with E-state index in [1.807, 2.05) is 66.7 Å². The third kappa shape index (κ3) is 2.86. The summed E-state index contributed by atoms with van der Waals surface area (Å²) in [6.07, 6.45) is 1.63. The van der Waals surface area contributed by atoms with E-state index in [0.717, 1.165) is 22.3 Å². The second-order valence-electron chi connectivity index (χ2n) is 5.29. The molecule has 0 saturated heterocycles. The van der Waals surface area contributed by atoms with Crippen molar-refractivity contribution < 1.29 is 9.53 Å². The molecule has 3 aromatic carbocycles. The van der Waals surface area contributed by atoms with E-state index in [1.54, 1.807) is 6.08 Å². The van der Waals surface area contributed by atoms with E-state index >= 15 is 0 Å². The number of rotatable bonds is 4. The van der Waals surface area contributed by atoms with Gasteiger partial charge in [0.2, 0.25) is 0 Å². The van der Waals surface area contributed by atoms with Gasteiger partial charge in [-0.25, -0.2) is 4.79 Å². The van der Waals surface area contributed by atoms with Gasteiger partial charge in [0.15, 0.2) is 0 Å². The predicted octanol–water partition coefficient (Wildman–Crippen LogP) is 5.25. The zero-order valence-corrected chi connectivity index (χ0v) is 13.5. The van der Waals surface area contributed by atoms with Gasteiger partial charge in [-0.3, -0.25) is 0 Å². The number of methoxy groups -OCH3 is 1. The van der Waals surface area contributed by atoms with Crippen molar-refractivity contribution in [1.29, 1.82) is 0 Å². The molecule has 0 amide bonds. The molecule has 0 aliphatic rings. The Bertz CT molecular complexity index is 865. The zero-order chi connectivity index (χ0) is 16.9. The van der Waals surface area contributed by atoms with Crippen molar-refractivity contribution in [3.8, 4) is 22.3 Å². The molecule has 3 aromatic rings. The SMILES string of the molecule is C=Cc1[c]cc(-c2ccccc2)c(-c2ccccc2)c1C(=O)OC. The van der Waals surface area contributed by atoms with E-state index in [1.165, 1.54) is 7.11 Å². The van der Waals surface area contributed by atoms with Gasteiger partial charge >= 0.3 is 5.97 Å². The van der Waals surface area contributed by atoms with Gasteiger partial charge in [0.05, 0.1) is 12.7 Å². The molecule has 0 unspecified atom stereocenters. The van der Waals surface area contributed by atoms with E-state index in [0.29, 0.717) is 11.1 Å². The van der Waals surface area contributed by atoms with Gasteiger partial charge in [-0.15, -0.1) is 0 Å². The first-order chi connectivity index (χ1) is 11.8. The number of ether oxygens (including phenoxy) is 1. The Morgan fingerprint density at radius 1 is 1.00 bits per heavy atom.